The molecule has 0 aliphatic carbocycles. The maximum absolute atomic E-state index is 11.3. The van der Waals surface area contributed by atoms with Crippen LogP contribution in [-0.2, 0) is 19.1 Å². The molecule has 0 bridgehead atoms. The lowest BCUT2D eigenvalue weighted by Crippen LogP contribution is -2.20. The Bertz CT molecular complexity index is 351. The third kappa shape index (κ3) is 8.18. The Morgan fingerprint density at radius 3 is 2.67 bits per heavy atom. The fourth-order valence-electron chi connectivity index (χ4n) is 1.14. The topological polar surface area (TPSA) is 76.4 Å². The minimum atomic E-state index is -0.565. The van der Waals surface area contributed by atoms with Gasteiger partial charge in [0, 0.05) is 6.42 Å². The summed E-state index contributed by atoms with van der Waals surface area (Å²) in [7, 11) is 0. The van der Waals surface area contributed by atoms with Crippen LogP contribution in [0, 0.1) is 29.6 Å². The quantitative estimate of drug-likeness (QED) is 0.370. The van der Waals surface area contributed by atoms with Gasteiger partial charge in [0.15, 0.2) is 6.61 Å². The first-order chi connectivity index (χ1) is 8.61. The van der Waals surface area contributed by atoms with Crippen LogP contribution >= 0.6 is 0 Å². The molecule has 0 saturated carbocycles. The molecule has 0 N–H and O–H groups in total. The number of esters is 2. The van der Waals surface area contributed by atoms with Gasteiger partial charge in [0.25, 0.3) is 0 Å². The molecule has 0 aromatic rings. The van der Waals surface area contributed by atoms with Gasteiger partial charge in [-0.25, -0.2) is 0 Å². The molecular weight excluding hydrogens is 234 g/mol. The number of nitrogens with zero attached hydrogens (tertiary/aromatic N) is 1. The van der Waals surface area contributed by atoms with Crippen molar-refractivity contribution in [3.05, 3.63) is 0 Å². The lowest BCUT2D eigenvalue weighted by atomic mass is 10.1. The second-order valence-electron chi connectivity index (χ2n) is 3.75. The highest BCUT2D eigenvalue weighted by molar-refractivity contribution is 5.79. The van der Waals surface area contributed by atoms with E-state index < -0.39 is 17.9 Å². The molecule has 0 aliphatic heterocycles. The van der Waals surface area contributed by atoms with Crippen molar-refractivity contribution in [2.24, 2.45) is 5.92 Å². The molecule has 1 unspecified atom stereocenters. The molecule has 0 aliphatic rings. The van der Waals surface area contributed by atoms with Crippen LogP contribution in [0.1, 0.15) is 32.6 Å². The molecule has 0 aromatic heterocycles. The van der Waals surface area contributed by atoms with Gasteiger partial charge >= 0.3 is 11.9 Å². The fourth-order valence-corrected chi connectivity index (χ4v) is 1.14. The molecule has 0 fully saturated rings. The van der Waals surface area contributed by atoms with Crippen molar-refractivity contribution in [2.75, 3.05) is 13.2 Å². The van der Waals surface area contributed by atoms with Gasteiger partial charge in [0.05, 0.1) is 25.0 Å². The van der Waals surface area contributed by atoms with Gasteiger partial charge in [-0.05, 0) is 12.8 Å². The molecule has 0 heterocycles. The van der Waals surface area contributed by atoms with E-state index in [4.69, 9.17) is 21.2 Å². The predicted molar refractivity (Wildman–Crippen MR) is 64.0 cm³/mol. The Morgan fingerprint density at radius 1 is 1.33 bits per heavy atom. The normalized spacial score (nSPS) is 10.8. The lowest BCUT2D eigenvalue weighted by molar-refractivity contribution is -0.153. The van der Waals surface area contributed by atoms with Crippen LogP contribution in [-0.4, -0.2) is 25.2 Å². The molecular formula is C13H17NO4. The van der Waals surface area contributed by atoms with E-state index in [0.717, 1.165) is 0 Å². The number of ether oxygens (including phenoxy) is 2. The van der Waals surface area contributed by atoms with Crippen LogP contribution in [0.3, 0.4) is 0 Å². The van der Waals surface area contributed by atoms with E-state index in [2.05, 4.69) is 5.92 Å². The first-order valence-electron chi connectivity index (χ1n) is 5.74. The molecule has 5 heteroatoms. The smallest absolute Gasteiger partial charge is 0.310 e. The number of nitriles is 1. The Balaban J connectivity index is 3.71. The zero-order valence-electron chi connectivity index (χ0n) is 10.5. The van der Waals surface area contributed by atoms with E-state index in [9.17, 15) is 9.59 Å². The first kappa shape index (κ1) is 16.0. The maximum atomic E-state index is 11.3. The van der Waals surface area contributed by atoms with Crippen molar-refractivity contribution in [1.29, 1.82) is 5.26 Å². The highest BCUT2D eigenvalue weighted by Crippen LogP contribution is 2.06. The average molecular weight is 251 g/mol. The van der Waals surface area contributed by atoms with E-state index in [1.54, 1.807) is 6.92 Å². The van der Waals surface area contributed by atoms with E-state index >= 15 is 0 Å². The SMILES string of the molecule is C#CCOC(=O)C(C)CC(=O)OCCCCC#N. The summed E-state index contributed by atoms with van der Waals surface area (Å²) in [6.45, 7) is 1.76. The minimum Gasteiger partial charge on any atom is -0.466 e. The summed E-state index contributed by atoms with van der Waals surface area (Å²) in [5, 5.41) is 8.30. The molecule has 0 aromatic carbocycles. The summed E-state index contributed by atoms with van der Waals surface area (Å²) in [5.74, 6) is 0.658. The Labute approximate surface area is 107 Å². The van der Waals surface area contributed by atoms with Crippen molar-refractivity contribution in [3.63, 3.8) is 0 Å². The summed E-state index contributed by atoms with van der Waals surface area (Å²) in [4.78, 5) is 22.6. The van der Waals surface area contributed by atoms with Crippen molar-refractivity contribution in [2.45, 2.75) is 32.6 Å². The van der Waals surface area contributed by atoms with Gasteiger partial charge in [-0.1, -0.05) is 12.8 Å². The molecule has 0 rings (SSSR count). The van der Waals surface area contributed by atoms with Gasteiger partial charge in [-0.3, -0.25) is 9.59 Å². The Morgan fingerprint density at radius 2 is 2.06 bits per heavy atom. The number of rotatable bonds is 8. The van der Waals surface area contributed by atoms with Crippen molar-refractivity contribution in [3.8, 4) is 18.4 Å². The fraction of sp³-hybridized carbons (Fsp3) is 0.615. The van der Waals surface area contributed by atoms with E-state index in [1.165, 1.54) is 0 Å². The van der Waals surface area contributed by atoms with Crippen LogP contribution in [0.4, 0.5) is 0 Å². The number of hydrogen-bond acceptors (Lipinski definition) is 5. The zero-order valence-corrected chi connectivity index (χ0v) is 10.5. The van der Waals surface area contributed by atoms with Gasteiger partial charge < -0.3 is 9.47 Å². The monoisotopic (exact) mass is 251 g/mol. The molecule has 1 atom stereocenters. The maximum Gasteiger partial charge on any atom is 0.310 e. The second kappa shape index (κ2) is 10.2. The molecule has 18 heavy (non-hydrogen) atoms. The summed E-state index contributed by atoms with van der Waals surface area (Å²) >= 11 is 0. The van der Waals surface area contributed by atoms with E-state index in [-0.39, 0.29) is 19.6 Å². The lowest BCUT2D eigenvalue weighted by Gasteiger charge is -2.09. The molecule has 0 spiro atoms. The minimum absolute atomic E-state index is 0.0261. The van der Waals surface area contributed by atoms with Gasteiger partial charge in [0.1, 0.15) is 0 Å². The number of hydrogen-bond donors (Lipinski definition) is 0. The largest absolute Gasteiger partial charge is 0.466 e. The first-order valence-corrected chi connectivity index (χ1v) is 5.74. The highest BCUT2D eigenvalue weighted by atomic mass is 16.5. The average Bonchev–Trinajstić information content (AvgIpc) is 2.35. The zero-order chi connectivity index (χ0) is 13.8. The number of carbonyl (C=O) groups is 2. The number of terminal acetylenes is 1. The van der Waals surface area contributed by atoms with Gasteiger partial charge in [0.2, 0.25) is 0 Å². The number of unbranched alkanes of at least 4 members (excludes halogenated alkanes) is 2. The van der Waals surface area contributed by atoms with Crippen molar-refractivity contribution < 1.29 is 19.1 Å². The van der Waals surface area contributed by atoms with E-state index in [1.807, 2.05) is 6.07 Å². The second-order valence-corrected chi connectivity index (χ2v) is 3.75. The highest BCUT2D eigenvalue weighted by Gasteiger charge is 2.18. The molecule has 0 amide bonds. The molecule has 98 valence electrons. The molecule has 5 nitrogen and oxygen atoms in total. The Kier molecular flexibility index (Phi) is 9.03. The summed E-state index contributed by atoms with van der Waals surface area (Å²) < 4.78 is 9.61. The van der Waals surface area contributed by atoms with Gasteiger partial charge in [-0.15, -0.1) is 6.42 Å². The van der Waals surface area contributed by atoms with Crippen LogP contribution < -0.4 is 0 Å². The Hall–Kier alpha value is -2.01. The summed E-state index contributed by atoms with van der Waals surface area (Å²) in [6, 6.07) is 2.00. The number of carbonyl (C=O) groups excluding carboxylic acids is 2. The summed E-state index contributed by atoms with van der Waals surface area (Å²) in [6.07, 6.45) is 6.71. The molecule has 0 radical (unpaired) electrons. The standard InChI is InChI=1S/C13H17NO4/c1-3-8-18-13(16)11(2)10-12(15)17-9-6-4-5-7-14/h1,11H,4-6,8-10H2,2H3. The predicted octanol–water partition coefficient (Wildman–Crippen LogP) is 1.43. The van der Waals surface area contributed by atoms with Gasteiger partial charge in [-0.2, -0.15) is 5.26 Å². The van der Waals surface area contributed by atoms with Crippen LogP contribution in [0.5, 0.6) is 0 Å². The van der Waals surface area contributed by atoms with Crippen molar-refractivity contribution in [1.82, 2.24) is 0 Å². The van der Waals surface area contributed by atoms with E-state index in [0.29, 0.717) is 19.3 Å². The summed E-state index contributed by atoms with van der Waals surface area (Å²) in [5.41, 5.74) is 0. The molecule has 0 saturated heterocycles. The third-order valence-electron chi connectivity index (χ3n) is 2.12. The third-order valence-corrected chi connectivity index (χ3v) is 2.12. The van der Waals surface area contributed by atoms with Crippen LogP contribution in [0.2, 0.25) is 0 Å². The van der Waals surface area contributed by atoms with Crippen LogP contribution in [0.15, 0.2) is 0 Å². The van der Waals surface area contributed by atoms with Crippen molar-refractivity contribution >= 4 is 11.9 Å². The van der Waals surface area contributed by atoms with Crippen LogP contribution in [0.25, 0.3) is 0 Å².